The number of rotatable bonds is 6. The highest BCUT2D eigenvalue weighted by atomic mass is 19.1. The molecule has 0 radical (unpaired) electrons. The number of primary amides is 1. The molecule has 33 heavy (non-hydrogen) atoms. The number of aromatic nitrogens is 2. The lowest BCUT2D eigenvalue weighted by atomic mass is 9.65. The zero-order chi connectivity index (χ0) is 23.2. The standard InChI is InChI=1S/C27H28FN3O2/c1-26-16-20-17-30-31(23-8-6-22(28)7-9-23)24(20)15-21(26)11-13-27(26,33)12-10-18-4-2-3-5-19(18)14-25(29)32/h2-9,15,17,33H,10-14,16H2,1H3,(H2,29,32). The van der Waals surface area contributed by atoms with Crippen LogP contribution in [0.2, 0.25) is 0 Å². The molecule has 0 aliphatic heterocycles. The van der Waals surface area contributed by atoms with Crippen LogP contribution in [-0.2, 0) is 24.1 Å². The number of carbonyl (C=O) groups is 1. The second kappa shape index (κ2) is 7.96. The number of halogens is 1. The predicted octanol–water partition coefficient (Wildman–Crippen LogP) is 4.14. The van der Waals surface area contributed by atoms with Crippen molar-refractivity contribution in [3.63, 3.8) is 0 Å². The number of hydrogen-bond acceptors (Lipinski definition) is 3. The number of nitrogens with zero attached hydrogens (tertiary/aromatic N) is 2. The maximum atomic E-state index is 13.4. The summed E-state index contributed by atoms with van der Waals surface area (Å²) in [5.74, 6) is -0.624. The molecule has 3 N–H and O–H groups in total. The third kappa shape index (κ3) is 3.68. The van der Waals surface area contributed by atoms with E-state index in [2.05, 4.69) is 18.1 Å². The van der Waals surface area contributed by atoms with E-state index in [0.717, 1.165) is 34.5 Å². The van der Waals surface area contributed by atoms with E-state index < -0.39 is 5.60 Å². The minimum Gasteiger partial charge on any atom is -0.389 e. The Kier molecular flexibility index (Phi) is 5.20. The lowest BCUT2D eigenvalue weighted by molar-refractivity contribution is -0.117. The average molecular weight is 446 g/mol. The third-order valence-electron chi connectivity index (χ3n) is 7.65. The van der Waals surface area contributed by atoms with Gasteiger partial charge in [0.05, 0.1) is 29.6 Å². The number of carbonyl (C=O) groups excluding carboxylic acids is 1. The van der Waals surface area contributed by atoms with Gasteiger partial charge in [0, 0.05) is 5.41 Å². The molecule has 3 aromatic rings. The average Bonchev–Trinajstić information content (AvgIpc) is 3.30. The summed E-state index contributed by atoms with van der Waals surface area (Å²) in [5.41, 5.74) is 10.3. The second-order valence-corrected chi connectivity index (χ2v) is 9.57. The minimum atomic E-state index is -0.853. The molecule has 2 aliphatic rings. The number of nitrogens with two attached hydrogens (primary N) is 1. The number of aryl methyl sites for hydroxylation is 1. The monoisotopic (exact) mass is 445 g/mol. The van der Waals surface area contributed by atoms with Crippen LogP contribution in [-0.4, -0.2) is 26.4 Å². The zero-order valence-corrected chi connectivity index (χ0v) is 18.7. The first-order valence-corrected chi connectivity index (χ1v) is 11.4. The third-order valence-corrected chi connectivity index (χ3v) is 7.65. The van der Waals surface area contributed by atoms with E-state index in [1.807, 2.05) is 35.1 Å². The number of hydrogen-bond donors (Lipinski definition) is 2. The molecule has 1 heterocycles. The Morgan fingerprint density at radius 3 is 2.64 bits per heavy atom. The van der Waals surface area contributed by atoms with Gasteiger partial charge in [0.2, 0.25) is 5.91 Å². The molecule has 0 spiro atoms. The Balaban J connectivity index is 1.41. The molecule has 2 atom stereocenters. The summed E-state index contributed by atoms with van der Waals surface area (Å²) in [6.07, 6.45) is 7.75. The van der Waals surface area contributed by atoms with E-state index >= 15 is 0 Å². The molecule has 1 amide bonds. The van der Waals surface area contributed by atoms with Crippen molar-refractivity contribution in [2.45, 2.75) is 51.0 Å². The fraction of sp³-hybridized carbons (Fsp3) is 0.333. The van der Waals surface area contributed by atoms with Crippen LogP contribution in [0.25, 0.3) is 11.8 Å². The van der Waals surface area contributed by atoms with Gasteiger partial charge < -0.3 is 10.8 Å². The Morgan fingerprint density at radius 2 is 1.91 bits per heavy atom. The van der Waals surface area contributed by atoms with Gasteiger partial charge in [-0.15, -0.1) is 0 Å². The summed E-state index contributed by atoms with van der Waals surface area (Å²) in [4.78, 5) is 11.5. The van der Waals surface area contributed by atoms with E-state index in [4.69, 9.17) is 5.73 Å². The molecule has 6 heteroatoms. The first kappa shape index (κ1) is 21.6. The van der Waals surface area contributed by atoms with Crippen molar-refractivity contribution < 1.29 is 14.3 Å². The lowest BCUT2D eigenvalue weighted by Gasteiger charge is -2.42. The fourth-order valence-electron chi connectivity index (χ4n) is 5.62. The Morgan fingerprint density at radius 1 is 1.18 bits per heavy atom. The Hall–Kier alpha value is -3.25. The molecule has 170 valence electrons. The molecule has 0 bridgehead atoms. The Labute approximate surface area is 192 Å². The molecule has 1 fully saturated rings. The van der Waals surface area contributed by atoms with Crippen LogP contribution in [0.5, 0.6) is 0 Å². The fourth-order valence-corrected chi connectivity index (χ4v) is 5.62. The molecule has 2 unspecified atom stereocenters. The molecule has 1 saturated carbocycles. The molecule has 0 saturated heterocycles. The van der Waals surface area contributed by atoms with Gasteiger partial charge in [-0.3, -0.25) is 4.79 Å². The van der Waals surface area contributed by atoms with Gasteiger partial charge in [-0.1, -0.05) is 36.8 Å². The summed E-state index contributed by atoms with van der Waals surface area (Å²) >= 11 is 0. The van der Waals surface area contributed by atoms with Crippen molar-refractivity contribution in [2.24, 2.45) is 11.1 Å². The van der Waals surface area contributed by atoms with E-state index in [1.165, 1.54) is 17.7 Å². The molecule has 5 rings (SSSR count). The second-order valence-electron chi connectivity index (χ2n) is 9.57. The number of aliphatic hydroxyl groups is 1. The van der Waals surface area contributed by atoms with Crippen LogP contribution in [0.3, 0.4) is 0 Å². The topological polar surface area (TPSA) is 81.1 Å². The van der Waals surface area contributed by atoms with E-state index in [-0.39, 0.29) is 23.6 Å². The van der Waals surface area contributed by atoms with E-state index in [0.29, 0.717) is 25.7 Å². The van der Waals surface area contributed by atoms with Gasteiger partial charge in [0.1, 0.15) is 5.82 Å². The summed E-state index contributed by atoms with van der Waals surface area (Å²) in [6, 6.07) is 14.1. The van der Waals surface area contributed by atoms with Crippen LogP contribution in [0.1, 0.15) is 48.6 Å². The number of benzene rings is 2. The van der Waals surface area contributed by atoms with Crippen molar-refractivity contribution in [3.05, 3.63) is 88.5 Å². The van der Waals surface area contributed by atoms with Crippen LogP contribution in [0.4, 0.5) is 4.39 Å². The molecular weight excluding hydrogens is 417 g/mol. The Bertz CT molecular complexity index is 1250. The quantitative estimate of drug-likeness (QED) is 0.598. The molecule has 1 aromatic heterocycles. The summed E-state index contributed by atoms with van der Waals surface area (Å²) in [7, 11) is 0. The van der Waals surface area contributed by atoms with Crippen LogP contribution < -0.4 is 5.73 Å². The summed E-state index contributed by atoms with van der Waals surface area (Å²) in [5, 5.41) is 16.4. The highest BCUT2D eigenvalue weighted by Gasteiger charge is 2.54. The summed E-state index contributed by atoms with van der Waals surface area (Å²) < 4.78 is 15.2. The first-order valence-electron chi connectivity index (χ1n) is 11.4. The van der Waals surface area contributed by atoms with Crippen molar-refractivity contribution in [2.75, 3.05) is 0 Å². The van der Waals surface area contributed by atoms with Gasteiger partial charge in [-0.25, -0.2) is 9.07 Å². The molecular formula is C27H28FN3O2. The lowest BCUT2D eigenvalue weighted by Crippen LogP contribution is -2.45. The number of fused-ring (bicyclic) bond motifs is 2. The highest BCUT2D eigenvalue weighted by molar-refractivity contribution is 5.77. The van der Waals surface area contributed by atoms with Crippen LogP contribution in [0.15, 0.2) is 60.3 Å². The molecule has 2 aromatic carbocycles. The maximum absolute atomic E-state index is 13.4. The predicted molar refractivity (Wildman–Crippen MR) is 125 cm³/mol. The maximum Gasteiger partial charge on any atom is 0.221 e. The van der Waals surface area contributed by atoms with Crippen molar-refractivity contribution in [3.8, 4) is 5.69 Å². The molecule has 5 nitrogen and oxygen atoms in total. The van der Waals surface area contributed by atoms with E-state index in [9.17, 15) is 14.3 Å². The smallest absolute Gasteiger partial charge is 0.221 e. The molecule has 2 aliphatic carbocycles. The number of amides is 1. The van der Waals surface area contributed by atoms with Gasteiger partial charge in [-0.05, 0) is 79.1 Å². The SMILES string of the molecule is CC12Cc3cnn(-c4ccc(F)cc4)c3C=C1CCC2(O)CCc1ccccc1CC(N)=O. The minimum absolute atomic E-state index is 0.211. The van der Waals surface area contributed by atoms with Crippen molar-refractivity contribution in [1.82, 2.24) is 9.78 Å². The van der Waals surface area contributed by atoms with Crippen molar-refractivity contribution in [1.29, 1.82) is 0 Å². The van der Waals surface area contributed by atoms with Crippen LogP contribution in [0, 0.1) is 11.2 Å². The van der Waals surface area contributed by atoms with Crippen LogP contribution >= 0.6 is 0 Å². The normalized spacial score (nSPS) is 23.7. The highest BCUT2D eigenvalue weighted by Crippen LogP contribution is 2.56. The van der Waals surface area contributed by atoms with Gasteiger partial charge in [0.25, 0.3) is 0 Å². The van der Waals surface area contributed by atoms with Gasteiger partial charge in [-0.2, -0.15) is 5.10 Å². The summed E-state index contributed by atoms with van der Waals surface area (Å²) in [6.45, 7) is 2.15. The van der Waals surface area contributed by atoms with Crippen molar-refractivity contribution >= 4 is 12.0 Å². The largest absolute Gasteiger partial charge is 0.389 e. The van der Waals surface area contributed by atoms with Gasteiger partial charge >= 0.3 is 0 Å². The zero-order valence-electron chi connectivity index (χ0n) is 18.7. The van der Waals surface area contributed by atoms with E-state index in [1.54, 1.807) is 12.1 Å². The van der Waals surface area contributed by atoms with Gasteiger partial charge in [0.15, 0.2) is 0 Å². The first-order chi connectivity index (χ1) is 15.8.